The average Bonchev–Trinajstić information content (AvgIpc) is 3.01. The van der Waals surface area contributed by atoms with Gasteiger partial charge < -0.3 is 14.5 Å². The Balaban J connectivity index is 1.37. The summed E-state index contributed by atoms with van der Waals surface area (Å²) in [6.45, 7) is 2.10. The molecule has 4 aromatic rings. The van der Waals surface area contributed by atoms with Crippen LogP contribution in [0.1, 0.15) is 12.3 Å². The van der Waals surface area contributed by atoms with E-state index in [0.717, 1.165) is 22.0 Å². The van der Waals surface area contributed by atoms with Gasteiger partial charge in [0, 0.05) is 24.1 Å². The molecule has 3 aromatic carbocycles. The maximum absolute atomic E-state index is 12.2. The lowest BCUT2D eigenvalue weighted by atomic mass is 10.1. The first-order chi connectivity index (χ1) is 12.7. The minimum absolute atomic E-state index is 0.110. The van der Waals surface area contributed by atoms with Crippen molar-refractivity contribution < 1.29 is 13.9 Å². The summed E-state index contributed by atoms with van der Waals surface area (Å²) in [5.41, 5.74) is 2.12. The van der Waals surface area contributed by atoms with Gasteiger partial charge in [0.25, 0.3) is 0 Å². The van der Waals surface area contributed by atoms with E-state index in [2.05, 4.69) is 10.3 Å². The molecule has 0 aliphatic rings. The fourth-order valence-corrected chi connectivity index (χ4v) is 2.92. The molecule has 0 atom stereocenters. The van der Waals surface area contributed by atoms with E-state index in [-0.39, 0.29) is 12.3 Å². The van der Waals surface area contributed by atoms with Gasteiger partial charge in [-0.05, 0) is 23.6 Å². The summed E-state index contributed by atoms with van der Waals surface area (Å²) in [6.07, 6.45) is 0.261. The zero-order valence-electron chi connectivity index (χ0n) is 14.4. The van der Waals surface area contributed by atoms with E-state index < -0.39 is 0 Å². The van der Waals surface area contributed by atoms with E-state index in [4.69, 9.17) is 9.15 Å². The van der Waals surface area contributed by atoms with E-state index in [1.54, 1.807) is 13.0 Å². The third-order valence-electron chi connectivity index (χ3n) is 4.12. The molecule has 0 saturated heterocycles. The number of ether oxygens (including phenoxy) is 1. The molecule has 1 heterocycles. The second-order valence-corrected chi connectivity index (χ2v) is 6.04. The second-order valence-electron chi connectivity index (χ2n) is 6.04. The van der Waals surface area contributed by atoms with E-state index in [9.17, 15) is 4.79 Å². The van der Waals surface area contributed by atoms with Crippen LogP contribution in [0.3, 0.4) is 0 Å². The van der Waals surface area contributed by atoms with Gasteiger partial charge in [-0.25, -0.2) is 4.98 Å². The monoisotopic (exact) mass is 346 g/mol. The van der Waals surface area contributed by atoms with Crippen LogP contribution in [-0.4, -0.2) is 17.5 Å². The van der Waals surface area contributed by atoms with Crippen LogP contribution in [0.4, 0.5) is 5.69 Å². The summed E-state index contributed by atoms with van der Waals surface area (Å²) in [5.74, 6) is 1.28. The van der Waals surface area contributed by atoms with Crippen molar-refractivity contribution in [2.75, 3.05) is 11.9 Å². The van der Waals surface area contributed by atoms with E-state index >= 15 is 0 Å². The molecule has 0 aliphatic carbocycles. The SMILES string of the molecule is Cc1nc2ccc(NC(=O)CCOc3cccc4ccccc34)cc2o1. The van der Waals surface area contributed by atoms with Gasteiger partial charge in [0.15, 0.2) is 11.5 Å². The second kappa shape index (κ2) is 6.88. The Hall–Kier alpha value is -3.34. The van der Waals surface area contributed by atoms with Crippen molar-refractivity contribution in [3.8, 4) is 5.75 Å². The predicted octanol–water partition coefficient (Wildman–Crippen LogP) is 4.70. The fourth-order valence-electron chi connectivity index (χ4n) is 2.92. The maximum atomic E-state index is 12.2. The van der Waals surface area contributed by atoms with Gasteiger partial charge in [0.2, 0.25) is 5.91 Å². The molecular weight excluding hydrogens is 328 g/mol. The Morgan fingerprint density at radius 2 is 1.96 bits per heavy atom. The quantitative estimate of drug-likeness (QED) is 0.569. The highest BCUT2D eigenvalue weighted by atomic mass is 16.5. The molecule has 26 heavy (non-hydrogen) atoms. The van der Waals surface area contributed by atoms with Crippen LogP contribution in [0.25, 0.3) is 21.9 Å². The van der Waals surface area contributed by atoms with Gasteiger partial charge in [0.05, 0.1) is 13.0 Å². The highest BCUT2D eigenvalue weighted by molar-refractivity contribution is 5.93. The summed E-state index contributed by atoms with van der Waals surface area (Å²) in [4.78, 5) is 16.4. The number of aryl methyl sites for hydroxylation is 1. The number of amides is 1. The van der Waals surface area contributed by atoms with Gasteiger partial charge in [-0.3, -0.25) is 4.79 Å². The van der Waals surface area contributed by atoms with Crippen molar-refractivity contribution in [1.82, 2.24) is 4.98 Å². The molecule has 0 saturated carbocycles. The number of hydrogen-bond acceptors (Lipinski definition) is 4. The van der Waals surface area contributed by atoms with Crippen LogP contribution in [-0.2, 0) is 4.79 Å². The number of carbonyl (C=O) groups excluding carboxylic acids is 1. The minimum atomic E-state index is -0.110. The van der Waals surface area contributed by atoms with Crippen LogP contribution in [0, 0.1) is 6.92 Å². The normalized spacial score (nSPS) is 11.0. The van der Waals surface area contributed by atoms with Crippen molar-refractivity contribution >= 4 is 33.5 Å². The molecule has 0 bridgehead atoms. The van der Waals surface area contributed by atoms with E-state index in [1.165, 1.54) is 0 Å². The average molecular weight is 346 g/mol. The minimum Gasteiger partial charge on any atom is -0.492 e. The van der Waals surface area contributed by atoms with Crippen LogP contribution in [0.2, 0.25) is 0 Å². The van der Waals surface area contributed by atoms with E-state index in [0.29, 0.717) is 23.8 Å². The van der Waals surface area contributed by atoms with Crippen LogP contribution in [0.5, 0.6) is 5.75 Å². The van der Waals surface area contributed by atoms with Crippen molar-refractivity contribution in [3.63, 3.8) is 0 Å². The van der Waals surface area contributed by atoms with Crippen molar-refractivity contribution in [2.24, 2.45) is 0 Å². The zero-order chi connectivity index (χ0) is 17.9. The number of benzene rings is 3. The van der Waals surface area contributed by atoms with Gasteiger partial charge in [0.1, 0.15) is 11.3 Å². The maximum Gasteiger partial charge on any atom is 0.227 e. The van der Waals surface area contributed by atoms with Gasteiger partial charge in [-0.15, -0.1) is 0 Å². The zero-order valence-corrected chi connectivity index (χ0v) is 14.4. The highest BCUT2D eigenvalue weighted by Gasteiger charge is 2.07. The number of hydrogen-bond donors (Lipinski definition) is 1. The molecule has 4 rings (SSSR count). The highest BCUT2D eigenvalue weighted by Crippen LogP contribution is 2.25. The lowest BCUT2D eigenvalue weighted by Gasteiger charge is -2.09. The molecule has 0 spiro atoms. The molecule has 5 heteroatoms. The Morgan fingerprint density at radius 3 is 2.88 bits per heavy atom. The summed E-state index contributed by atoms with van der Waals surface area (Å²) in [6, 6.07) is 19.3. The lowest BCUT2D eigenvalue weighted by Crippen LogP contribution is -2.15. The first-order valence-corrected chi connectivity index (χ1v) is 8.47. The number of rotatable bonds is 5. The van der Waals surface area contributed by atoms with Crippen molar-refractivity contribution in [2.45, 2.75) is 13.3 Å². The molecule has 0 radical (unpaired) electrons. The number of carbonyl (C=O) groups is 1. The van der Waals surface area contributed by atoms with Gasteiger partial charge in [-0.2, -0.15) is 0 Å². The van der Waals surface area contributed by atoms with E-state index in [1.807, 2.05) is 54.6 Å². The standard InChI is InChI=1S/C21H18N2O3/c1-14-22-18-10-9-16(13-20(18)26-14)23-21(24)11-12-25-19-8-4-6-15-5-2-3-7-17(15)19/h2-10,13H,11-12H2,1H3,(H,23,24). The molecule has 5 nitrogen and oxygen atoms in total. The summed E-state index contributed by atoms with van der Waals surface area (Å²) in [7, 11) is 0. The number of nitrogens with zero attached hydrogens (tertiary/aromatic N) is 1. The van der Waals surface area contributed by atoms with Crippen LogP contribution in [0.15, 0.2) is 65.1 Å². The molecular formula is C21H18N2O3. The molecule has 0 fully saturated rings. The molecule has 1 amide bonds. The number of oxazole rings is 1. The fraction of sp³-hybridized carbons (Fsp3) is 0.143. The van der Waals surface area contributed by atoms with Crippen molar-refractivity contribution in [1.29, 1.82) is 0 Å². The summed E-state index contributed by atoms with van der Waals surface area (Å²) in [5, 5.41) is 5.02. The number of aromatic nitrogens is 1. The lowest BCUT2D eigenvalue weighted by molar-refractivity contribution is -0.116. The van der Waals surface area contributed by atoms with Gasteiger partial charge in [-0.1, -0.05) is 36.4 Å². The molecule has 1 N–H and O–H groups in total. The first kappa shape index (κ1) is 16.1. The van der Waals surface area contributed by atoms with Crippen molar-refractivity contribution in [3.05, 3.63) is 66.6 Å². The number of fused-ring (bicyclic) bond motifs is 2. The Kier molecular flexibility index (Phi) is 4.27. The summed E-state index contributed by atoms with van der Waals surface area (Å²) < 4.78 is 11.3. The Morgan fingerprint density at radius 1 is 1.12 bits per heavy atom. The third-order valence-corrected chi connectivity index (χ3v) is 4.12. The summed E-state index contributed by atoms with van der Waals surface area (Å²) >= 11 is 0. The van der Waals surface area contributed by atoms with Crippen LogP contribution >= 0.6 is 0 Å². The Bertz CT molecular complexity index is 1080. The smallest absolute Gasteiger partial charge is 0.227 e. The third kappa shape index (κ3) is 3.37. The largest absolute Gasteiger partial charge is 0.492 e. The molecule has 1 aromatic heterocycles. The predicted molar refractivity (Wildman–Crippen MR) is 101 cm³/mol. The molecule has 0 unspecified atom stereocenters. The first-order valence-electron chi connectivity index (χ1n) is 8.47. The number of anilines is 1. The van der Waals surface area contributed by atoms with Crippen LogP contribution < -0.4 is 10.1 Å². The number of nitrogens with one attached hydrogen (secondary N) is 1. The topological polar surface area (TPSA) is 64.4 Å². The molecule has 130 valence electrons. The van der Waals surface area contributed by atoms with Gasteiger partial charge >= 0.3 is 0 Å². The molecule has 0 aliphatic heterocycles. The Labute approximate surface area is 150 Å².